The van der Waals surface area contributed by atoms with Gasteiger partial charge in [0.2, 0.25) is 0 Å². The first kappa shape index (κ1) is 15.4. The van der Waals surface area contributed by atoms with E-state index in [0.29, 0.717) is 5.58 Å². The van der Waals surface area contributed by atoms with Gasteiger partial charge in [-0.05, 0) is 31.9 Å². The lowest BCUT2D eigenvalue weighted by atomic mass is 9.92. The number of fused-ring (bicyclic) bond motifs is 1. The molecule has 2 amide bonds. The van der Waals surface area contributed by atoms with Gasteiger partial charge in [0, 0.05) is 43.5 Å². The third kappa shape index (κ3) is 2.53. The molecule has 0 unspecified atom stereocenters. The Labute approximate surface area is 139 Å². The van der Waals surface area contributed by atoms with E-state index in [9.17, 15) is 9.18 Å². The fourth-order valence-electron chi connectivity index (χ4n) is 3.73. The van der Waals surface area contributed by atoms with Gasteiger partial charge < -0.3 is 9.42 Å². The maximum Gasteiger partial charge on any atom is 0.334 e. The minimum atomic E-state index is -0.312. The van der Waals surface area contributed by atoms with Crippen molar-refractivity contribution in [3.8, 4) is 0 Å². The molecule has 6 nitrogen and oxygen atoms in total. The zero-order valence-corrected chi connectivity index (χ0v) is 13.7. The Bertz CT molecular complexity index is 754. The van der Waals surface area contributed by atoms with Crippen LogP contribution in [0.5, 0.6) is 0 Å². The number of benzene rings is 1. The number of nitrogens with zero attached hydrogens (tertiary/aromatic N) is 4. The second-order valence-electron chi connectivity index (χ2n) is 6.42. The quantitative estimate of drug-likeness (QED) is 0.867. The highest BCUT2D eigenvalue weighted by atomic mass is 19.1. The van der Waals surface area contributed by atoms with Crippen LogP contribution < -0.4 is 0 Å². The van der Waals surface area contributed by atoms with Gasteiger partial charge in [-0.1, -0.05) is 5.16 Å². The first-order valence-electron chi connectivity index (χ1n) is 8.53. The summed E-state index contributed by atoms with van der Waals surface area (Å²) >= 11 is 0. The maximum absolute atomic E-state index is 13.3. The van der Waals surface area contributed by atoms with Crippen molar-refractivity contribution in [1.82, 2.24) is 20.1 Å². The molecule has 24 heavy (non-hydrogen) atoms. The summed E-state index contributed by atoms with van der Waals surface area (Å²) in [5.74, 6) is -0.0269. The maximum atomic E-state index is 13.3. The first-order valence-corrected chi connectivity index (χ1v) is 8.53. The standard InChI is InChI=1S/C17H21FN4O2/c1-2-20-9-10-22(17(20)23)21-7-5-12(6-8-21)16-14-4-3-13(18)11-15(14)24-19-16/h3-4,11-12H,2,5-10H2,1H3. The molecule has 4 rings (SSSR count). The lowest BCUT2D eigenvalue weighted by Gasteiger charge is -2.36. The summed E-state index contributed by atoms with van der Waals surface area (Å²) in [6.45, 7) is 5.98. The molecule has 0 bridgehead atoms. The average Bonchev–Trinajstić information content (AvgIpc) is 3.18. The van der Waals surface area contributed by atoms with Gasteiger partial charge in [-0.3, -0.25) is 5.01 Å². The lowest BCUT2D eigenvalue weighted by Crippen LogP contribution is -2.48. The number of hydrazine groups is 1. The average molecular weight is 332 g/mol. The molecular weight excluding hydrogens is 311 g/mol. The van der Waals surface area contributed by atoms with Gasteiger partial charge in [-0.25, -0.2) is 14.2 Å². The molecule has 1 aromatic carbocycles. The van der Waals surface area contributed by atoms with Crippen LogP contribution in [-0.2, 0) is 0 Å². The highest BCUT2D eigenvalue weighted by Crippen LogP contribution is 2.33. The number of halogens is 1. The summed E-state index contributed by atoms with van der Waals surface area (Å²) in [6.07, 6.45) is 1.82. The van der Waals surface area contributed by atoms with Crippen LogP contribution in [0, 0.1) is 5.82 Å². The molecule has 2 aliphatic rings. The number of piperidine rings is 1. The highest BCUT2D eigenvalue weighted by molar-refractivity contribution is 5.80. The van der Waals surface area contributed by atoms with E-state index in [1.165, 1.54) is 12.1 Å². The van der Waals surface area contributed by atoms with Crippen LogP contribution in [0.3, 0.4) is 0 Å². The zero-order valence-electron chi connectivity index (χ0n) is 13.7. The summed E-state index contributed by atoms with van der Waals surface area (Å²) in [5, 5.41) is 9.09. The van der Waals surface area contributed by atoms with E-state index in [1.807, 2.05) is 16.8 Å². The van der Waals surface area contributed by atoms with Crippen LogP contribution >= 0.6 is 0 Å². The second-order valence-corrected chi connectivity index (χ2v) is 6.42. The molecule has 0 saturated carbocycles. The van der Waals surface area contributed by atoms with Crippen LogP contribution in [0.4, 0.5) is 9.18 Å². The second kappa shape index (κ2) is 6.05. The SMILES string of the molecule is CCN1CCN(N2CCC(c3noc4cc(F)ccc34)CC2)C1=O. The predicted octanol–water partition coefficient (Wildman–Crippen LogP) is 2.82. The van der Waals surface area contributed by atoms with Crippen molar-refractivity contribution < 1.29 is 13.7 Å². The van der Waals surface area contributed by atoms with Crippen LogP contribution in [0.25, 0.3) is 11.0 Å². The molecule has 2 saturated heterocycles. The van der Waals surface area contributed by atoms with E-state index in [-0.39, 0.29) is 17.8 Å². The van der Waals surface area contributed by atoms with E-state index < -0.39 is 0 Å². The summed E-state index contributed by atoms with van der Waals surface area (Å²) in [7, 11) is 0. The van der Waals surface area contributed by atoms with Crippen molar-refractivity contribution >= 4 is 17.0 Å². The molecule has 1 aromatic heterocycles. The molecule has 7 heteroatoms. The van der Waals surface area contributed by atoms with Gasteiger partial charge in [-0.2, -0.15) is 0 Å². The molecule has 2 fully saturated rings. The Morgan fingerprint density at radius 2 is 2.04 bits per heavy atom. The Kier molecular flexibility index (Phi) is 3.88. The molecule has 0 aliphatic carbocycles. The highest BCUT2D eigenvalue weighted by Gasteiger charge is 2.34. The van der Waals surface area contributed by atoms with Gasteiger partial charge in [-0.15, -0.1) is 0 Å². The van der Waals surface area contributed by atoms with Crippen LogP contribution in [0.1, 0.15) is 31.4 Å². The van der Waals surface area contributed by atoms with E-state index in [1.54, 1.807) is 6.07 Å². The number of likely N-dealkylation sites (N-methyl/N-ethyl adjacent to an activating group) is 1. The smallest absolute Gasteiger partial charge is 0.334 e. The number of aromatic nitrogens is 1. The van der Waals surface area contributed by atoms with Crippen LogP contribution in [0.2, 0.25) is 0 Å². The summed E-state index contributed by atoms with van der Waals surface area (Å²) in [5.41, 5.74) is 1.41. The number of rotatable bonds is 3. The van der Waals surface area contributed by atoms with Gasteiger partial charge in [0.1, 0.15) is 5.82 Å². The largest absolute Gasteiger partial charge is 0.356 e. The number of amides is 2. The first-order chi connectivity index (χ1) is 11.7. The van der Waals surface area contributed by atoms with Gasteiger partial charge in [0.05, 0.1) is 12.2 Å². The van der Waals surface area contributed by atoms with E-state index >= 15 is 0 Å². The van der Waals surface area contributed by atoms with Crippen molar-refractivity contribution in [3.63, 3.8) is 0 Å². The fraction of sp³-hybridized carbons (Fsp3) is 0.529. The Hall–Kier alpha value is -2.15. The van der Waals surface area contributed by atoms with Crippen molar-refractivity contribution in [3.05, 3.63) is 29.7 Å². The molecule has 2 aliphatic heterocycles. The zero-order chi connectivity index (χ0) is 16.7. The summed E-state index contributed by atoms with van der Waals surface area (Å²) in [4.78, 5) is 14.2. The lowest BCUT2D eigenvalue weighted by molar-refractivity contribution is 0.00731. The summed E-state index contributed by atoms with van der Waals surface area (Å²) in [6, 6.07) is 4.67. The van der Waals surface area contributed by atoms with Crippen molar-refractivity contribution in [2.45, 2.75) is 25.7 Å². The number of carbonyl (C=O) groups excluding carboxylic acids is 1. The van der Waals surface area contributed by atoms with Crippen molar-refractivity contribution in [2.24, 2.45) is 0 Å². The van der Waals surface area contributed by atoms with Crippen molar-refractivity contribution in [2.75, 3.05) is 32.7 Å². The van der Waals surface area contributed by atoms with E-state index in [2.05, 4.69) is 10.2 Å². The number of carbonyl (C=O) groups is 1. The number of urea groups is 1. The van der Waals surface area contributed by atoms with Gasteiger partial charge in [0.15, 0.2) is 5.58 Å². The Morgan fingerprint density at radius 3 is 2.75 bits per heavy atom. The molecule has 0 radical (unpaired) electrons. The minimum absolute atomic E-state index is 0.110. The fourth-order valence-corrected chi connectivity index (χ4v) is 3.73. The molecular formula is C17H21FN4O2. The third-order valence-electron chi connectivity index (χ3n) is 5.12. The Balaban J connectivity index is 1.45. The Morgan fingerprint density at radius 1 is 1.25 bits per heavy atom. The van der Waals surface area contributed by atoms with Crippen LogP contribution in [0.15, 0.2) is 22.7 Å². The molecule has 0 spiro atoms. The molecule has 3 heterocycles. The third-order valence-corrected chi connectivity index (χ3v) is 5.12. The van der Waals surface area contributed by atoms with E-state index in [0.717, 1.165) is 56.6 Å². The van der Waals surface area contributed by atoms with Gasteiger partial charge >= 0.3 is 6.03 Å². The predicted molar refractivity (Wildman–Crippen MR) is 86.9 cm³/mol. The normalized spacial score (nSPS) is 20.5. The van der Waals surface area contributed by atoms with E-state index in [4.69, 9.17) is 4.52 Å². The van der Waals surface area contributed by atoms with Crippen LogP contribution in [-0.4, -0.2) is 58.8 Å². The van der Waals surface area contributed by atoms with Gasteiger partial charge in [0.25, 0.3) is 0 Å². The van der Waals surface area contributed by atoms with Crippen molar-refractivity contribution in [1.29, 1.82) is 0 Å². The molecule has 0 atom stereocenters. The topological polar surface area (TPSA) is 52.8 Å². The minimum Gasteiger partial charge on any atom is -0.356 e. The number of hydrogen-bond donors (Lipinski definition) is 0. The number of hydrogen-bond acceptors (Lipinski definition) is 4. The molecule has 2 aromatic rings. The molecule has 0 N–H and O–H groups in total. The summed E-state index contributed by atoms with van der Waals surface area (Å²) < 4.78 is 18.6. The monoisotopic (exact) mass is 332 g/mol. The molecule has 128 valence electrons.